The molecule has 0 saturated heterocycles. The number of esters is 1. The van der Waals surface area contributed by atoms with Gasteiger partial charge in [0, 0.05) is 5.39 Å². The van der Waals surface area contributed by atoms with E-state index in [1.807, 2.05) is 41.8 Å². The highest BCUT2D eigenvalue weighted by atomic mass is 35.5. The van der Waals surface area contributed by atoms with Crippen molar-refractivity contribution in [2.45, 2.75) is 13.5 Å². The third-order valence-electron chi connectivity index (χ3n) is 5.24. The predicted molar refractivity (Wildman–Crippen MR) is 141 cm³/mol. The average Bonchev–Trinajstić information content (AvgIpc) is 3.50. The van der Waals surface area contributed by atoms with E-state index in [1.165, 1.54) is 11.3 Å². The maximum atomic E-state index is 13.6. The fourth-order valence-electron chi connectivity index (χ4n) is 3.72. The molecule has 0 aliphatic carbocycles. The Hall–Kier alpha value is -3.04. The van der Waals surface area contributed by atoms with E-state index in [4.69, 9.17) is 32.9 Å². The summed E-state index contributed by atoms with van der Waals surface area (Å²) >= 11 is 15.5. The molecule has 0 spiro atoms. The number of halogens is 2. The lowest BCUT2D eigenvalue weighted by Crippen LogP contribution is -2.23. The van der Waals surface area contributed by atoms with Gasteiger partial charge >= 0.3 is 5.97 Å². The first-order chi connectivity index (χ1) is 17.0. The van der Waals surface area contributed by atoms with Crippen LogP contribution in [0.4, 0.5) is 0 Å². The van der Waals surface area contributed by atoms with Gasteiger partial charge in [-0.2, -0.15) is 4.99 Å². The van der Waals surface area contributed by atoms with Gasteiger partial charge in [-0.15, -0.1) is 11.3 Å². The lowest BCUT2D eigenvalue weighted by molar-refractivity contribution is -0.143. The number of ether oxygens (including phenoxy) is 1. The summed E-state index contributed by atoms with van der Waals surface area (Å²) in [6, 6.07) is 16.6. The summed E-state index contributed by atoms with van der Waals surface area (Å²) in [5, 5.41) is 3.28. The van der Waals surface area contributed by atoms with Gasteiger partial charge in [0.2, 0.25) is 0 Å². The van der Waals surface area contributed by atoms with Crippen LogP contribution in [-0.4, -0.2) is 28.0 Å². The van der Waals surface area contributed by atoms with Crippen molar-refractivity contribution < 1.29 is 14.3 Å². The van der Waals surface area contributed by atoms with Crippen molar-refractivity contribution in [3.63, 3.8) is 0 Å². The van der Waals surface area contributed by atoms with Gasteiger partial charge in [-0.1, -0.05) is 58.8 Å². The number of rotatable bonds is 5. The zero-order valence-corrected chi connectivity index (χ0v) is 21.5. The molecule has 2 aromatic carbocycles. The summed E-state index contributed by atoms with van der Waals surface area (Å²) in [5.41, 5.74) is 2.34. The molecular formula is C25H17Cl2N3O3S2. The summed E-state index contributed by atoms with van der Waals surface area (Å²) in [4.78, 5) is 36.4. The largest absolute Gasteiger partial charge is 0.465 e. The first-order valence-electron chi connectivity index (χ1n) is 10.6. The van der Waals surface area contributed by atoms with Crippen molar-refractivity contribution in [2.24, 2.45) is 4.99 Å². The van der Waals surface area contributed by atoms with Crippen molar-refractivity contribution in [2.75, 3.05) is 6.61 Å². The second-order valence-electron chi connectivity index (χ2n) is 7.45. The second kappa shape index (κ2) is 9.91. The molecule has 0 bridgehead atoms. The van der Waals surface area contributed by atoms with Crippen LogP contribution in [0.15, 0.2) is 65.0 Å². The summed E-state index contributed by atoms with van der Waals surface area (Å²) in [7, 11) is 0. The van der Waals surface area contributed by atoms with Crippen LogP contribution in [0.25, 0.3) is 31.7 Å². The van der Waals surface area contributed by atoms with E-state index in [2.05, 4.69) is 4.99 Å². The van der Waals surface area contributed by atoms with Gasteiger partial charge in [0.05, 0.1) is 48.5 Å². The SMILES string of the molecule is CCOC(=O)Cn1c(=NC(=O)c2cc(-c3cccs3)nc3ccccc23)sc2ccc(Cl)c(Cl)c21. The van der Waals surface area contributed by atoms with Crippen LogP contribution in [0.1, 0.15) is 17.3 Å². The fourth-order valence-corrected chi connectivity index (χ4v) is 5.92. The summed E-state index contributed by atoms with van der Waals surface area (Å²) in [6.07, 6.45) is 0. The molecule has 5 rings (SSSR count). The minimum Gasteiger partial charge on any atom is -0.465 e. The van der Waals surface area contributed by atoms with Gasteiger partial charge in [0.15, 0.2) is 4.80 Å². The number of hydrogen-bond donors (Lipinski definition) is 0. The molecule has 0 N–H and O–H groups in total. The molecule has 1 amide bonds. The van der Waals surface area contributed by atoms with E-state index in [0.717, 1.165) is 9.58 Å². The number of nitrogens with zero attached hydrogens (tertiary/aromatic N) is 3. The van der Waals surface area contributed by atoms with Crippen LogP contribution in [0, 0.1) is 0 Å². The molecule has 3 heterocycles. The Bertz CT molecular complexity index is 1660. The molecule has 0 radical (unpaired) electrons. The zero-order valence-electron chi connectivity index (χ0n) is 18.3. The van der Waals surface area contributed by atoms with Crippen molar-refractivity contribution in [3.05, 3.63) is 80.4 Å². The molecule has 0 unspecified atom stereocenters. The molecule has 10 heteroatoms. The number of carbonyl (C=O) groups excluding carboxylic acids is 2. The normalized spacial score (nSPS) is 11.9. The first kappa shape index (κ1) is 23.7. The van der Waals surface area contributed by atoms with Crippen LogP contribution in [-0.2, 0) is 16.1 Å². The second-order valence-corrected chi connectivity index (χ2v) is 10.2. The molecule has 0 aliphatic heterocycles. The Balaban J connectivity index is 1.71. The molecule has 35 heavy (non-hydrogen) atoms. The number of para-hydroxylation sites is 1. The van der Waals surface area contributed by atoms with Crippen molar-refractivity contribution in [1.82, 2.24) is 9.55 Å². The van der Waals surface area contributed by atoms with E-state index in [1.54, 1.807) is 41.0 Å². The number of thiazole rings is 1. The molecule has 176 valence electrons. The number of thiophene rings is 1. The summed E-state index contributed by atoms with van der Waals surface area (Å²) in [6.45, 7) is 1.81. The Labute approximate surface area is 218 Å². The molecule has 0 saturated carbocycles. The summed E-state index contributed by atoms with van der Waals surface area (Å²) < 4.78 is 7.45. The van der Waals surface area contributed by atoms with Crippen molar-refractivity contribution >= 4 is 78.9 Å². The monoisotopic (exact) mass is 541 g/mol. The Morgan fingerprint density at radius 2 is 1.94 bits per heavy atom. The van der Waals surface area contributed by atoms with Crippen LogP contribution in [0.3, 0.4) is 0 Å². The van der Waals surface area contributed by atoms with E-state index < -0.39 is 11.9 Å². The lowest BCUT2D eigenvalue weighted by atomic mass is 10.1. The predicted octanol–water partition coefficient (Wildman–Crippen LogP) is 6.59. The Morgan fingerprint density at radius 1 is 1.11 bits per heavy atom. The van der Waals surface area contributed by atoms with Crippen LogP contribution < -0.4 is 4.80 Å². The minimum atomic E-state index is -0.466. The quantitative estimate of drug-likeness (QED) is 0.235. The highest BCUT2D eigenvalue weighted by Crippen LogP contribution is 2.32. The molecule has 3 aromatic heterocycles. The van der Waals surface area contributed by atoms with E-state index >= 15 is 0 Å². The number of aromatic nitrogens is 2. The third kappa shape index (κ3) is 4.62. The third-order valence-corrected chi connectivity index (χ3v) is 7.97. The maximum Gasteiger partial charge on any atom is 0.326 e. The number of amides is 1. The number of pyridine rings is 1. The molecule has 6 nitrogen and oxygen atoms in total. The van der Waals surface area contributed by atoms with E-state index in [0.29, 0.717) is 37.5 Å². The molecule has 5 aromatic rings. The van der Waals surface area contributed by atoms with Gasteiger partial charge in [-0.05, 0) is 42.6 Å². The maximum absolute atomic E-state index is 13.6. The summed E-state index contributed by atoms with van der Waals surface area (Å²) in [5.74, 6) is -0.917. The highest BCUT2D eigenvalue weighted by molar-refractivity contribution is 7.16. The van der Waals surface area contributed by atoms with Crippen molar-refractivity contribution in [3.8, 4) is 10.6 Å². The van der Waals surface area contributed by atoms with Gasteiger partial charge < -0.3 is 9.30 Å². The first-order valence-corrected chi connectivity index (χ1v) is 13.1. The Kier molecular flexibility index (Phi) is 6.71. The van der Waals surface area contributed by atoms with Gasteiger partial charge in [0.1, 0.15) is 6.54 Å². The number of benzene rings is 2. The lowest BCUT2D eigenvalue weighted by Gasteiger charge is -2.08. The molecular weight excluding hydrogens is 525 g/mol. The van der Waals surface area contributed by atoms with Gasteiger partial charge in [-0.3, -0.25) is 9.59 Å². The fraction of sp³-hybridized carbons (Fsp3) is 0.120. The zero-order chi connectivity index (χ0) is 24.5. The van der Waals surface area contributed by atoms with Crippen LogP contribution in [0.5, 0.6) is 0 Å². The topological polar surface area (TPSA) is 73.6 Å². The Morgan fingerprint density at radius 3 is 2.71 bits per heavy atom. The molecule has 0 fully saturated rings. The molecule has 0 aliphatic rings. The van der Waals surface area contributed by atoms with Crippen molar-refractivity contribution in [1.29, 1.82) is 0 Å². The number of hydrogen-bond acceptors (Lipinski definition) is 6. The van der Waals surface area contributed by atoms with Gasteiger partial charge in [0.25, 0.3) is 5.91 Å². The molecule has 0 atom stereocenters. The highest BCUT2D eigenvalue weighted by Gasteiger charge is 2.18. The van der Waals surface area contributed by atoms with E-state index in [-0.39, 0.29) is 18.2 Å². The standard InChI is InChI=1S/C25H17Cl2N3O3S2/c1-2-33-21(31)13-30-23-20(10-9-16(26)22(23)27)35-25(30)29-24(32)15-12-18(19-8-5-11-34-19)28-17-7-4-3-6-14(15)17/h3-12H,2,13H2,1H3. The van der Waals surface area contributed by atoms with Crippen LogP contribution >= 0.6 is 45.9 Å². The number of carbonyl (C=O) groups is 2. The van der Waals surface area contributed by atoms with E-state index in [9.17, 15) is 9.59 Å². The minimum absolute atomic E-state index is 0.155. The van der Waals surface area contributed by atoms with Gasteiger partial charge in [-0.25, -0.2) is 4.98 Å². The van der Waals surface area contributed by atoms with Crippen LogP contribution in [0.2, 0.25) is 10.0 Å². The average molecular weight is 542 g/mol. The number of fused-ring (bicyclic) bond motifs is 2. The smallest absolute Gasteiger partial charge is 0.326 e.